The van der Waals surface area contributed by atoms with Crippen molar-refractivity contribution in [1.82, 2.24) is 4.57 Å². The Labute approximate surface area is 413 Å². The largest absolute Gasteiger partial charge is 0.310 e. The number of nitrogens with zero attached hydrogens (tertiary/aromatic N) is 2. The van der Waals surface area contributed by atoms with E-state index in [1.807, 2.05) is 22.7 Å². The summed E-state index contributed by atoms with van der Waals surface area (Å²) < 4.78 is 7.69. The van der Waals surface area contributed by atoms with E-state index >= 15 is 0 Å². The van der Waals surface area contributed by atoms with Gasteiger partial charge in [-0.15, -0.1) is 22.7 Å². The number of fused-ring (bicyclic) bond motifs is 9. The van der Waals surface area contributed by atoms with E-state index in [0.717, 1.165) is 39.4 Å². The van der Waals surface area contributed by atoms with Crippen molar-refractivity contribution in [3.63, 3.8) is 0 Å². The average molecular weight is 927 g/mol. The van der Waals surface area contributed by atoms with Crippen LogP contribution in [0.3, 0.4) is 0 Å². The fourth-order valence-electron chi connectivity index (χ4n) is 10.8. The van der Waals surface area contributed by atoms with Crippen LogP contribution < -0.4 is 4.90 Å². The Morgan fingerprint density at radius 3 is 1.66 bits per heavy atom. The van der Waals surface area contributed by atoms with Gasteiger partial charge in [0.1, 0.15) is 0 Å². The highest BCUT2D eigenvalue weighted by molar-refractivity contribution is 7.26. The third-order valence-corrected chi connectivity index (χ3v) is 16.3. The van der Waals surface area contributed by atoms with E-state index < -0.39 is 0 Å². The zero-order chi connectivity index (χ0) is 46.1. The van der Waals surface area contributed by atoms with Gasteiger partial charge in [-0.05, 0) is 124 Å². The molecule has 0 saturated carbocycles. The Balaban J connectivity index is 0.974. The number of aromatic nitrogens is 1. The van der Waals surface area contributed by atoms with E-state index in [-0.39, 0.29) is 0 Å². The van der Waals surface area contributed by atoms with Crippen LogP contribution in [0.4, 0.5) is 17.1 Å². The summed E-state index contributed by atoms with van der Waals surface area (Å²) in [5.41, 5.74) is 16.3. The molecule has 70 heavy (non-hydrogen) atoms. The van der Waals surface area contributed by atoms with Crippen molar-refractivity contribution >= 4 is 102 Å². The number of thiophene rings is 2. The van der Waals surface area contributed by atoms with Crippen molar-refractivity contribution in [2.75, 3.05) is 4.90 Å². The van der Waals surface area contributed by atoms with Crippen LogP contribution in [0, 0.1) is 0 Å². The second kappa shape index (κ2) is 16.6. The lowest BCUT2D eigenvalue weighted by Gasteiger charge is -2.27. The number of hydrogen-bond acceptors (Lipinski definition) is 3. The van der Waals surface area contributed by atoms with Crippen molar-refractivity contribution in [3.8, 4) is 50.2 Å². The quantitative estimate of drug-likeness (QED) is 0.147. The molecule has 2 nitrogen and oxygen atoms in total. The minimum atomic E-state index is 1.08. The summed E-state index contributed by atoms with van der Waals surface area (Å²) in [4.78, 5) is 2.43. The van der Waals surface area contributed by atoms with Gasteiger partial charge in [0.25, 0.3) is 0 Å². The monoisotopic (exact) mass is 926 g/mol. The van der Waals surface area contributed by atoms with Gasteiger partial charge in [-0.2, -0.15) is 0 Å². The number of benzene rings is 11. The molecule has 0 amide bonds. The lowest BCUT2D eigenvalue weighted by atomic mass is 9.95. The first-order valence-electron chi connectivity index (χ1n) is 23.8. The molecule has 0 atom stereocenters. The normalized spacial score (nSPS) is 11.7. The van der Waals surface area contributed by atoms with Crippen LogP contribution in [0.5, 0.6) is 0 Å². The smallest absolute Gasteiger partial charge is 0.0619 e. The molecular weight excluding hydrogens is 885 g/mol. The molecule has 11 aromatic carbocycles. The number of rotatable bonds is 8. The first-order valence-corrected chi connectivity index (χ1v) is 25.4. The van der Waals surface area contributed by atoms with E-state index in [1.165, 1.54) is 90.0 Å². The highest BCUT2D eigenvalue weighted by atomic mass is 32.1. The zero-order valence-corrected chi connectivity index (χ0v) is 39.6. The summed E-state index contributed by atoms with van der Waals surface area (Å²) in [6.45, 7) is 0. The molecule has 0 aliphatic carbocycles. The predicted octanol–water partition coefficient (Wildman–Crippen LogP) is 19.7. The molecule has 328 valence electrons. The van der Waals surface area contributed by atoms with Gasteiger partial charge in [0.2, 0.25) is 0 Å². The third-order valence-electron chi connectivity index (χ3n) is 13.9. The van der Waals surface area contributed by atoms with Crippen LogP contribution in [0.25, 0.3) is 112 Å². The lowest BCUT2D eigenvalue weighted by Crippen LogP contribution is -2.10. The summed E-state index contributed by atoms with van der Waals surface area (Å²) in [6.07, 6.45) is 0. The van der Waals surface area contributed by atoms with Gasteiger partial charge >= 0.3 is 0 Å². The minimum absolute atomic E-state index is 1.08. The average Bonchev–Trinajstić information content (AvgIpc) is 4.11. The van der Waals surface area contributed by atoms with E-state index in [2.05, 4.69) is 264 Å². The van der Waals surface area contributed by atoms with E-state index in [1.54, 1.807) is 0 Å². The summed E-state index contributed by atoms with van der Waals surface area (Å²) in [6, 6.07) is 93.8. The number of anilines is 3. The zero-order valence-electron chi connectivity index (χ0n) is 38.0. The topological polar surface area (TPSA) is 8.17 Å². The Kier molecular flexibility index (Phi) is 9.61. The molecule has 14 aromatic rings. The Bertz CT molecular complexity index is 4310. The summed E-state index contributed by atoms with van der Waals surface area (Å²) in [5, 5.41) is 7.70. The summed E-state index contributed by atoms with van der Waals surface area (Å²) in [5.74, 6) is 0. The van der Waals surface area contributed by atoms with Gasteiger partial charge in [0.05, 0.1) is 11.0 Å². The van der Waals surface area contributed by atoms with Crippen LogP contribution >= 0.6 is 22.7 Å². The molecular formula is C66H42N2S2. The molecule has 4 heteroatoms. The maximum Gasteiger partial charge on any atom is 0.0619 e. The summed E-state index contributed by atoms with van der Waals surface area (Å²) >= 11 is 3.75. The molecule has 0 unspecified atom stereocenters. The van der Waals surface area contributed by atoms with E-state index in [4.69, 9.17) is 0 Å². The van der Waals surface area contributed by atoms with Crippen LogP contribution in [-0.4, -0.2) is 4.57 Å². The van der Waals surface area contributed by atoms with Crippen molar-refractivity contribution in [2.45, 2.75) is 0 Å². The van der Waals surface area contributed by atoms with Gasteiger partial charge in [-0.1, -0.05) is 170 Å². The van der Waals surface area contributed by atoms with Gasteiger partial charge in [-0.25, -0.2) is 0 Å². The van der Waals surface area contributed by atoms with Crippen LogP contribution in [-0.2, 0) is 0 Å². The maximum atomic E-state index is 2.45. The highest BCUT2D eigenvalue weighted by Crippen LogP contribution is 2.46. The second-order valence-corrected chi connectivity index (χ2v) is 20.2. The van der Waals surface area contributed by atoms with Crippen LogP contribution in [0.2, 0.25) is 0 Å². The Morgan fingerprint density at radius 1 is 0.286 bits per heavy atom. The standard InChI is InChI=1S/C66H42N2S2/c1-3-20-49(21-4-1)67(51-24-14-18-44(39-51)43-17-13-19-46(37-43)54-29-16-31-60-57-27-9-12-34-63(57)70-66(54)60)52-40-47(45-35-36-58-56-26-8-11-33-62(56)69-64(58)42-45)38-48(41-52)53-28-15-30-59-55-25-7-10-32-61(55)68(65(53)59)50-22-5-2-6-23-50/h1-42H. The highest BCUT2D eigenvalue weighted by Gasteiger charge is 2.21. The molecule has 0 N–H and O–H groups in total. The molecule has 0 aliphatic rings. The van der Waals surface area contributed by atoms with Gasteiger partial charge in [0.15, 0.2) is 0 Å². The van der Waals surface area contributed by atoms with E-state index in [9.17, 15) is 0 Å². The van der Waals surface area contributed by atoms with Crippen molar-refractivity contribution in [1.29, 1.82) is 0 Å². The molecule has 0 saturated heterocycles. The molecule has 0 bridgehead atoms. The summed E-state index contributed by atoms with van der Waals surface area (Å²) in [7, 11) is 0. The fourth-order valence-corrected chi connectivity index (χ4v) is 13.1. The van der Waals surface area contributed by atoms with Gasteiger partial charge < -0.3 is 9.47 Å². The van der Waals surface area contributed by atoms with Crippen molar-refractivity contribution < 1.29 is 0 Å². The molecule has 0 fully saturated rings. The number of hydrogen-bond donors (Lipinski definition) is 0. The molecule has 3 aromatic heterocycles. The Morgan fingerprint density at radius 2 is 0.829 bits per heavy atom. The lowest BCUT2D eigenvalue weighted by molar-refractivity contribution is 1.18. The fraction of sp³-hybridized carbons (Fsp3) is 0. The first kappa shape index (κ1) is 40.5. The predicted molar refractivity (Wildman–Crippen MR) is 303 cm³/mol. The van der Waals surface area contributed by atoms with Crippen LogP contribution in [0.1, 0.15) is 0 Å². The SMILES string of the molecule is c1ccc(N(c2cccc(-c3cccc(-c4cccc5c4sc4ccccc45)c3)c2)c2cc(-c3ccc4c(c3)sc3ccccc34)cc(-c3cccc4c5ccccc5n(-c5ccccc5)c34)c2)cc1. The Hall–Kier alpha value is -8.54. The van der Waals surface area contributed by atoms with E-state index in [0.29, 0.717) is 0 Å². The minimum Gasteiger partial charge on any atom is -0.310 e. The molecule has 0 radical (unpaired) electrons. The molecule has 0 aliphatic heterocycles. The van der Waals surface area contributed by atoms with Gasteiger partial charge in [0, 0.05) is 79.4 Å². The maximum absolute atomic E-state index is 2.45. The number of para-hydroxylation sites is 4. The van der Waals surface area contributed by atoms with Gasteiger partial charge in [-0.3, -0.25) is 0 Å². The molecule has 0 spiro atoms. The first-order chi connectivity index (χ1) is 34.7. The van der Waals surface area contributed by atoms with Crippen LogP contribution in [0.15, 0.2) is 255 Å². The molecule has 14 rings (SSSR count). The third kappa shape index (κ3) is 6.75. The van der Waals surface area contributed by atoms with Crippen molar-refractivity contribution in [3.05, 3.63) is 255 Å². The van der Waals surface area contributed by atoms with Crippen molar-refractivity contribution in [2.24, 2.45) is 0 Å². The molecule has 3 heterocycles. The second-order valence-electron chi connectivity index (χ2n) is 18.1.